The van der Waals surface area contributed by atoms with Crippen LogP contribution in [0.4, 0.5) is 18.9 Å². The molecule has 0 aliphatic carbocycles. The molecule has 1 amide bonds. The molecule has 2 atom stereocenters. The van der Waals surface area contributed by atoms with Gasteiger partial charge in [0.15, 0.2) is 5.11 Å². The van der Waals surface area contributed by atoms with E-state index in [4.69, 9.17) is 17.5 Å². The fourth-order valence-electron chi connectivity index (χ4n) is 5.12. The maximum atomic E-state index is 13.9. The Hall–Kier alpha value is -4.69. The highest BCUT2D eigenvalue weighted by molar-refractivity contribution is 7.80. The molecule has 46 heavy (non-hydrogen) atoms. The molecule has 1 heterocycles. The standard InChI is InChI=1S/C35H37F3N6OS/c1-4-25(3)32(42-33(45)17-30-19-40-23-44(30)20-27-14-12-26(18-39)13-15-27)22-43(34(46)41-29-10-7-8-24(2)16-29)21-28-9-5-6-11-31(28)35(36,37)38/h5-16,19,23,25,32H,4,17,20-22H2,1-3H3,(H,41,46)(H,42,45)/t25-,32+/m0/s1. The fourth-order valence-corrected chi connectivity index (χ4v) is 5.37. The summed E-state index contributed by atoms with van der Waals surface area (Å²) in [5.74, 6) is -0.241. The first-order chi connectivity index (χ1) is 22.0. The van der Waals surface area contributed by atoms with Gasteiger partial charge in [0.2, 0.25) is 5.91 Å². The lowest BCUT2D eigenvalue weighted by Gasteiger charge is -2.34. The summed E-state index contributed by atoms with van der Waals surface area (Å²) in [6.45, 7) is 6.51. The van der Waals surface area contributed by atoms with Crippen LogP contribution >= 0.6 is 12.2 Å². The molecule has 0 saturated carbocycles. The number of aryl methyl sites for hydroxylation is 1. The van der Waals surface area contributed by atoms with Gasteiger partial charge in [-0.3, -0.25) is 4.79 Å². The van der Waals surface area contributed by atoms with Crippen LogP contribution in [0.3, 0.4) is 0 Å². The van der Waals surface area contributed by atoms with Crippen molar-refractivity contribution in [2.45, 2.75) is 58.9 Å². The average Bonchev–Trinajstić information content (AvgIpc) is 3.45. The molecule has 240 valence electrons. The van der Waals surface area contributed by atoms with Crippen molar-refractivity contribution in [1.29, 1.82) is 5.26 Å². The van der Waals surface area contributed by atoms with Gasteiger partial charge in [0.25, 0.3) is 0 Å². The SMILES string of the molecule is CC[C@H](C)[C@@H](CN(Cc1ccccc1C(F)(F)F)C(=S)Nc1cccc(C)c1)NC(=O)Cc1cncn1Cc1ccc(C#N)cc1. The van der Waals surface area contributed by atoms with Crippen LogP contribution in [0.5, 0.6) is 0 Å². The molecular weight excluding hydrogens is 609 g/mol. The average molecular weight is 647 g/mol. The van der Waals surface area contributed by atoms with Gasteiger partial charge in [0, 0.05) is 43.3 Å². The Labute approximate surface area is 273 Å². The predicted octanol–water partition coefficient (Wildman–Crippen LogP) is 7.10. The Morgan fingerprint density at radius 3 is 2.52 bits per heavy atom. The number of rotatable bonds is 12. The zero-order valence-corrected chi connectivity index (χ0v) is 26.8. The number of halogens is 3. The van der Waals surface area contributed by atoms with Crippen LogP contribution in [0.25, 0.3) is 0 Å². The van der Waals surface area contributed by atoms with Crippen LogP contribution in [0, 0.1) is 24.2 Å². The van der Waals surface area contributed by atoms with E-state index < -0.39 is 17.8 Å². The number of imidazole rings is 1. The minimum Gasteiger partial charge on any atom is -0.351 e. The summed E-state index contributed by atoms with van der Waals surface area (Å²) >= 11 is 5.77. The fraction of sp³-hybridized carbons (Fsp3) is 0.314. The van der Waals surface area contributed by atoms with Crippen molar-refractivity contribution in [3.63, 3.8) is 0 Å². The van der Waals surface area contributed by atoms with E-state index >= 15 is 0 Å². The number of nitriles is 1. The predicted molar refractivity (Wildman–Crippen MR) is 177 cm³/mol. The third-order valence-electron chi connectivity index (χ3n) is 7.91. The van der Waals surface area contributed by atoms with Crippen molar-refractivity contribution in [2.75, 3.05) is 11.9 Å². The minimum atomic E-state index is -4.53. The minimum absolute atomic E-state index is 0.00496. The van der Waals surface area contributed by atoms with Crippen molar-refractivity contribution in [1.82, 2.24) is 19.8 Å². The first kappa shape index (κ1) is 34.2. The van der Waals surface area contributed by atoms with Crippen LogP contribution < -0.4 is 10.6 Å². The first-order valence-corrected chi connectivity index (χ1v) is 15.4. The number of benzene rings is 3. The van der Waals surface area contributed by atoms with Crippen LogP contribution in [0.2, 0.25) is 0 Å². The lowest BCUT2D eigenvalue weighted by molar-refractivity contribution is -0.138. The number of anilines is 1. The largest absolute Gasteiger partial charge is 0.416 e. The Morgan fingerprint density at radius 2 is 1.85 bits per heavy atom. The van der Waals surface area contributed by atoms with E-state index in [2.05, 4.69) is 21.7 Å². The van der Waals surface area contributed by atoms with Gasteiger partial charge < -0.3 is 20.1 Å². The van der Waals surface area contributed by atoms with Crippen molar-refractivity contribution in [3.05, 3.63) is 119 Å². The van der Waals surface area contributed by atoms with Crippen molar-refractivity contribution in [3.8, 4) is 6.07 Å². The molecule has 0 saturated heterocycles. The molecule has 0 spiro atoms. The molecule has 1 aromatic heterocycles. The van der Waals surface area contributed by atoms with Crippen LogP contribution in [-0.4, -0.2) is 38.1 Å². The number of amides is 1. The number of aromatic nitrogens is 2. The van der Waals surface area contributed by atoms with Gasteiger partial charge in [-0.2, -0.15) is 18.4 Å². The molecule has 0 unspecified atom stereocenters. The van der Waals surface area contributed by atoms with E-state index in [-0.39, 0.29) is 42.0 Å². The van der Waals surface area contributed by atoms with Gasteiger partial charge in [0.1, 0.15) is 0 Å². The summed E-state index contributed by atoms with van der Waals surface area (Å²) in [7, 11) is 0. The van der Waals surface area contributed by atoms with Gasteiger partial charge >= 0.3 is 6.18 Å². The number of alkyl halides is 3. The van der Waals surface area contributed by atoms with Crippen LogP contribution in [0.15, 0.2) is 85.3 Å². The molecule has 0 radical (unpaired) electrons. The molecule has 0 fully saturated rings. The van der Waals surface area contributed by atoms with E-state index in [1.807, 2.05) is 61.7 Å². The van der Waals surface area contributed by atoms with Gasteiger partial charge in [-0.25, -0.2) is 4.98 Å². The monoisotopic (exact) mass is 646 g/mol. The Morgan fingerprint density at radius 1 is 1.11 bits per heavy atom. The first-order valence-electron chi connectivity index (χ1n) is 15.0. The molecule has 4 rings (SSSR count). The topological polar surface area (TPSA) is 86.0 Å². The number of nitrogens with one attached hydrogen (secondary N) is 2. The number of nitrogens with zero attached hydrogens (tertiary/aromatic N) is 4. The molecule has 7 nitrogen and oxygen atoms in total. The van der Waals surface area contributed by atoms with Crippen molar-refractivity contribution in [2.24, 2.45) is 5.92 Å². The van der Waals surface area contributed by atoms with E-state index in [9.17, 15) is 18.0 Å². The number of hydrogen-bond acceptors (Lipinski definition) is 4. The van der Waals surface area contributed by atoms with Crippen molar-refractivity contribution < 1.29 is 18.0 Å². The van der Waals surface area contributed by atoms with Gasteiger partial charge in [-0.1, -0.05) is 62.7 Å². The normalized spacial score (nSPS) is 12.5. The zero-order chi connectivity index (χ0) is 33.3. The second-order valence-corrected chi connectivity index (χ2v) is 11.8. The van der Waals surface area contributed by atoms with E-state index in [0.717, 1.165) is 29.3 Å². The van der Waals surface area contributed by atoms with E-state index in [1.54, 1.807) is 35.6 Å². The molecule has 11 heteroatoms. The second kappa shape index (κ2) is 15.5. The summed E-state index contributed by atoms with van der Waals surface area (Å²) in [5.41, 5.74) is 3.32. The van der Waals surface area contributed by atoms with E-state index in [0.29, 0.717) is 17.8 Å². The second-order valence-electron chi connectivity index (χ2n) is 11.4. The summed E-state index contributed by atoms with van der Waals surface area (Å²) in [6, 6.07) is 21.9. The van der Waals surface area contributed by atoms with E-state index in [1.165, 1.54) is 12.1 Å². The molecular formula is C35H37F3N6OS. The van der Waals surface area contributed by atoms with Crippen molar-refractivity contribution >= 4 is 28.9 Å². The number of carbonyl (C=O) groups is 1. The summed E-state index contributed by atoms with van der Waals surface area (Å²) in [4.78, 5) is 19.4. The molecule has 0 aliphatic heterocycles. The Balaban J connectivity index is 1.54. The third-order valence-corrected chi connectivity index (χ3v) is 8.27. The lowest BCUT2D eigenvalue weighted by atomic mass is 9.97. The highest BCUT2D eigenvalue weighted by atomic mass is 32.1. The quantitative estimate of drug-likeness (QED) is 0.160. The van der Waals surface area contributed by atoms with Gasteiger partial charge in [-0.05, 0) is 72.1 Å². The lowest BCUT2D eigenvalue weighted by Crippen LogP contribution is -2.50. The number of carbonyl (C=O) groups excluding carboxylic acids is 1. The molecule has 0 aliphatic rings. The summed E-state index contributed by atoms with van der Waals surface area (Å²) in [5, 5.41) is 15.6. The highest BCUT2D eigenvalue weighted by Gasteiger charge is 2.34. The number of hydrogen-bond donors (Lipinski definition) is 2. The summed E-state index contributed by atoms with van der Waals surface area (Å²) < 4.78 is 43.7. The van der Waals surface area contributed by atoms with Crippen LogP contribution in [-0.2, 0) is 30.5 Å². The van der Waals surface area contributed by atoms with Gasteiger partial charge in [-0.15, -0.1) is 0 Å². The maximum absolute atomic E-state index is 13.9. The molecule has 3 aromatic carbocycles. The Bertz CT molecular complexity index is 1680. The maximum Gasteiger partial charge on any atom is 0.416 e. The molecule has 0 bridgehead atoms. The van der Waals surface area contributed by atoms with Crippen LogP contribution in [0.1, 0.15) is 53.8 Å². The smallest absolute Gasteiger partial charge is 0.351 e. The molecule has 4 aromatic rings. The zero-order valence-electron chi connectivity index (χ0n) is 26.0. The highest BCUT2D eigenvalue weighted by Crippen LogP contribution is 2.32. The van der Waals surface area contributed by atoms with Gasteiger partial charge in [0.05, 0.1) is 29.9 Å². The number of thiocarbonyl (C=S) groups is 1. The molecule has 2 N–H and O–H groups in total. The summed E-state index contributed by atoms with van der Waals surface area (Å²) in [6.07, 6.45) is -0.442. The Kier molecular flexibility index (Phi) is 11.6. The third kappa shape index (κ3) is 9.41.